The van der Waals surface area contributed by atoms with E-state index >= 15 is 0 Å². The van der Waals surface area contributed by atoms with E-state index in [0.717, 1.165) is 12.0 Å². The van der Waals surface area contributed by atoms with E-state index in [2.05, 4.69) is 0 Å². The van der Waals surface area contributed by atoms with Crippen LogP contribution in [0.3, 0.4) is 0 Å². The van der Waals surface area contributed by atoms with Gasteiger partial charge in [0, 0.05) is 12.1 Å². The van der Waals surface area contributed by atoms with Gasteiger partial charge in [-0.1, -0.05) is 13.8 Å². The van der Waals surface area contributed by atoms with Gasteiger partial charge in [-0.3, -0.25) is 14.8 Å². The minimum Gasteiger partial charge on any atom is -0.493 e. The number of nitrogens with zero attached hydrogens (tertiary/aromatic N) is 1. The van der Waals surface area contributed by atoms with Gasteiger partial charge in [0.05, 0.1) is 14.2 Å². The minimum atomic E-state index is -0.639. The maximum atomic E-state index is 12.9. The Hall–Kier alpha value is -2.28. The molecule has 0 saturated carbocycles. The van der Waals surface area contributed by atoms with Crippen molar-refractivity contribution in [3.05, 3.63) is 23.3 Å². The van der Waals surface area contributed by atoms with Gasteiger partial charge in [0.2, 0.25) is 0 Å². The number of likely N-dealkylation sites (tertiary alicyclic amines) is 1. The molecule has 1 aliphatic heterocycles. The smallest absolute Gasteiger partial charge is 0.266 e. The van der Waals surface area contributed by atoms with Crippen molar-refractivity contribution in [3.63, 3.8) is 0 Å². The molecule has 1 aliphatic rings. The van der Waals surface area contributed by atoms with Crippen LogP contribution >= 0.6 is 0 Å². The van der Waals surface area contributed by atoms with Crippen LogP contribution in [-0.2, 0) is 4.79 Å². The molecule has 7 heteroatoms. The van der Waals surface area contributed by atoms with Gasteiger partial charge in [-0.05, 0) is 36.5 Å². The fourth-order valence-electron chi connectivity index (χ4n) is 2.84. The van der Waals surface area contributed by atoms with Gasteiger partial charge in [-0.2, -0.15) is 0 Å². The molecular weight excluding hydrogens is 312 g/mol. The quantitative estimate of drug-likeness (QED) is 0.612. The summed E-state index contributed by atoms with van der Waals surface area (Å²) in [5, 5.41) is 8.80. The molecule has 132 valence electrons. The Balaban J connectivity index is 2.43. The van der Waals surface area contributed by atoms with Crippen molar-refractivity contribution >= 4 is 11.8 Å². The number of methoxy groups -OCH3 is 2. The molecule has 2 rings (SSSR count). The minimum absolute atomic E-state index is 0.148. The summed E-state index contributed by atoms with van der Waals surface area (Å²) in [5.41, 5.74) is 2.97. The summed E-state index contributed by atoms with van der Waals surface area (Å²) in [4.78, 5) is 26.0. The van der Waals surface area contributed by atoms with Crippen molar-refractivity contribution in [2.75, 3.05) is 20.8 Å². The number of hydroxylamine groups is 1. The van der Waals surface area contributed by atoms with Gasteiger partial charge >= 0.3 is 0 Å². The molecule has 0 aromatic heterocycles. The second-order valence-corrected chi connectivity index (χ2v) is 5.88. The standard InChI is InChI=1S/C17H24N2O5/c1-5-10(2)11-8-14(23-3)15(24-4)9-12(11)17(21)19-7-6-13(19)16(20)18-22/h8-10,13,22H,5-7H2,1-4H3,(H,18,20)/t10?,13-/m1/s1. The van der Waals surface area contributed by atoms with Crippen LogP contribution in [0.4, 0.5) is 0 Å². The van der Waals surface area contributed by atoms with Crippen LogP contribution in [0.25, 0.3) is 0 Å². The number of carbonyl (C=O) groups is 2. The van der Waals surface area contributed by atoms with E-state index in [4.69, 9.17) is 14.7 Å². The first-order chi connectivity index (χ1) is 11.5. The normalized spacial score (nSPS) is 17.7. The Bertz CT molecular complexity index is 632. The molecule has 24 heavy (non-hydrogen) atoms. The third-order valence-electron chi connectivity index (χ3n) is 4.62. The Morgan fingerprint density at radius 1 is 1.33 bits per heavy atom. The van der Waals surface area contributed by atoms with Crippen LogP contribution in [0.5, 0.6) is 11.5 Å². The van der Waals surface area contributed by atoms with Crippen LogP contribution in [-0.4, -0.2) is 48.7 Å². The summed E-state index contributed by atoms with van der Waals surface area (Å²) in [7, 11) is 3.07. The first kappa shape index (κ1) is 18.1. The van der Waals surface area contributed by atoms with Crippen LogP contribution in [0, 0.1) is 0 Å². The first-order valence-electron chi connectivity index (χ1n) is 7.99. The number of amides is 2. The molecule has 1 aromatic rings. The van der Waals surface area contributed by atoms with Gasteiger partial charge < -0.3 is 14.4 Å². The van der Waals surface area contributed by atoms with Gasteiger partial charge in [0.1, 0.15) is 6.04 Å². The number of ether oxygens (including phenoxy) is 2. The fraction of sp³-hybridized carbons (Fsp3) is 0.529. The highest BCUT2D eigenvalue weighted by Gasteiger charge is 2.39. The summed E-state index contributed by atoms with van der Waals surface area (Å²) in [6, 6.07) is 2.84. The number of hydrogen-bond acceptors (Lipinski definition) is 5. The monoisotopic (exact) mass is 336 g/mol. The molecule has 0 aliphatic carbocycles. The van der Waals surface area contributed by atoms with E-state index < -0.39 is 11.9 Å². The Kier molecular flexibility index (Phi) is 5.66. The van der Waals surface area contributed by atoms with E-state index in [9.17, 15) is 9.59 Å². The lowest BCUT2D eigenvalue weighted by atomic mass is 9.90. The van der Waals surface area contributed by atoms with E-state index in [1.165, 1.54) is 12.0 Å². The van der Waals surface area contributed by atoms with Gasteiger partial charge in [0.25, 0.3) is 11.8 Å². The maximum absolute atomic E-state index is 12.9. The summed E-state index contributed by atoms with van der Waals surface area (Å²) >= 11 is 0. The average molecular weight is 336 g/mol. The molecule has 1 fully saturated rings. The molecular formula is C17H24N2O5. The highest BCUT2D eigenvalue weighted by Crippen LogP contribution is 2.36. The van der Waals surface area contributed by atoms with Crippen molar-refractivity contribution in [2.45, 2.75) is 38.6 Å². The zero-order chi connectivity index (χ0) is 17.9. The molecule has 0 radical (unpaired) electrons. The predicted octanol–water partition coefficient (Wildman–Crippen LogP) is 1.94. The Morgan fingerprint density at radius 3 is 2.42 bits per heavy atom. The predicted molar refractivity (Wildman–Crippen MR) is 87.6 cm³/mol. The van der Waals surface area contributed by atoms with Crippen molar-refractivity contribution in [3.8, 4) is 11.5 Å². The molecule has 1 saturated heterocycles. The summed E-state index contributed by atoms with van der Waals surface area (Å²) in [5.74, 6) is 0.371. The number of carbonyl (C=O) groups excluding carboxylic acids is 2. The van der Waals surface area contributed by atoms with Crippen LogP contribution in [0.2, 0.25) is 0 Å². The van der Waals surface area contributed by atoms with Crippen LogP contribution < -0.4 is 15.0 Å². The Labute approximate surface area is 141 Å². The van der Waals surface area contributed by atoms with Crippen molar-refractivity contribution in [1.29, 1.82) is 0 Å². The van der Waals surface area contributed by atoms with E-state index in [-0.39, 0.29) is 11.8 Å². The molecule has 2 N–H and O–H groups in total. The Morgan fingerprint density at radius 2 is 1.96 bits per heavy atom. The number of hydrogen-bond donors (Lipinski definition) is 2. The zero-order valence-electron chi connectivity index (χ0n) is 14.5. The second-order valence-electron chi connectivity index (χ2n) is 5.88. The van der Waals surface area contributed by atoms with Crippen molar-refractivity contribution < 1.29 is 24.3 Å². The number of nitrogens with one attached hydrogen (secondary N) is 1. The lowest BCUT2D eigenvalue weighted by Gasteiger charge is -2.39. The van der Waals surface area contributed by atoms with E-state index in [1.54, 1.807) is 18.7 Å². The lowest BCUT2D eigenvalue weighted by Crippen LogP contribution is -2.58. The molecule has 1 aromatic carbocycles. The van der Waals surface area contributed by atoms with Crippen LogP contribution in [0.1, 0.15) is 48.5 Å². The van der Waals surface area contributed by atoms with E-state index in [0.29, 0.717) is 30.0 Å². The second kappa shape index (κ2) is 7.53. The lowest BCUT2D eigenvalue weighted by molar-refractivity contribution is -0.137. The SMILES string of the molecule is CCC(C)c1cc(OC)c(OC)cc1C(=O)N1CC[C@@H]1C(=O)NO. The third kappa shape index (κ3) is 3.17. The highest BCUT2D eigenvalue weighted by molar-refractivity contribution is 6.00. The third-order valence-corrected chi connectivity index (χ3v) is 4.62. The van der Waals surface area contributed by atoms with Crippen molar-refractivity contribution in [1.82, 2.24) is 10.4 Å². The largest absolute Gasteiger partial charge is 0.493 e. The van der Waals surface area contributed by atoms with Gasteiger partial charge in [0.15, 0.2) is 11.5 Å². The van der Waals surface area contributed by atoms with Gasteiger partial charge in [-0.25, -0.2) is 5.48 Å². The number of benzene rings is 1. The fourth-order valence-corrected chi connectivity index (χ4v) is 2.84. The van der Waals surface area contributed by atoms with E-state index in [1.807, 2.05) is 19.9 Å². The molecule has 2 amide bonds. The highest BCUT2D eigenvalue weighted by atomic mass is 16.5. The molecule has 0 bridgehead atoms. The maximum Gasteiger partial charge on any atom is 0.266 e. The summed E-state index contributed by atoms with van der Waals surface area (Å²) in [6.45, 7) is 4.55. The average Bonchev–Trinajstić information content (AvgIpc) is 2.58. The van der Waals surface area contributed by atoms with Gasteiger partial charge in [-0.15, -0.1) is 0 Å². The molecule has 2 atom stereocenters. The summed E-state index contributed by atoms with van der Waals surface area (Å²) < 4.78 is 10.6. The molecule has 1 unspecified atom stereocenters. The number of rotatable bonds is 6. The zero-order valence-corrected chi connectivity index (χ0v) is 14.5. The van der Waals surface area contributed by atoms with Crippen LogP contribution in [0.15, 0.2) is 12.1 Å². The van der Waals surface area contributed by atoms with Crippen molar-refractivity contribution in [2.24, 2.45) is 0 Å². The molecule has 0 spiro atoms. The molecule has 1 heterocycles. The topological polar surface area (TPSA) is 88.1 Å². The molecule has 7 nitrogen and oxygen atoms in total. The summed E-state index contributed by atoms with van der Waals surface area (Å²) in [6.07, 6.45) is 1.39. The first-order valence-corrected chi connectivity index (χ1v) is 7.99.